The third-order valence-corrected chi connectivity index (χ3v) is 1.74. The molecule has 0 saturated carbocycles. The van der Waals surface area contributed by atoms with E-state index in [2.05, 4.69) is 4.89 Å². The van der Waals surface area contributed by atoms with Crippen molar-refractivity contribution >= 4 is 0 Å². The van der Waals surface area contributed by atoms with Crippen LogP contribution in [0.4, 0.5) is 0 Å². The molecule has 1 atom stereocenters. The maximum atomic E-state index is 8.38. The van der Waals surface area contributed by atoms with E-state index in [4.69, 9.17) is 9.99 Å². The van der Waals surface area contributed by atoms with Crippen LogP contribution >= 0.6 is 0 Å². The summed E-state index contributed by atoms with van der Waals surface area (Å²) in [5, 5.41) is 8.38. The van der Waals surface area contributed by atoms with Gasteiger partial charge in [-0.15, -0.1) is 0 Å². The minimum Gasteiger partial charge on any atom is -0.497 e. The van der Waals surface area contributed by atoms with E-state index >= 15 is 0 Å². The Hall–Kier alpha value is -1.06. The van der Waals surface area contributed by atoms with Gasteiger partial charge in [0.25, 0.3) is 0 Å². The summed E-state index contributed by atoms with van der Waals surface area (Å²) in [5.74, 6) is 0.795. The van der Waals surface area contributed by atoms with Crippen LogP contribution in [-0.2, 0) is 4.89 Å². The van der Waals surface area contributed by atoms with E-state index in [0.717, 1.165) is 11.3 Å². The molecule has 3 nitrogen and oxygen atoms in total. The van der Waals surface area contributed by atoms with E-state index in [-0.39, 0.29) is 6.10 Å². The lowest BCUT2D eigenvalue weighted by Gasteiger charge is -2.07. The molecule has 0 spiro atoms. The van der Waals surface area contributed by atoms with Crippen molar-refractivity contribution in [3.8, 4) is 5.75 Å². The van der Waals surface area contributed by atoms with Crippen LogP contribution in [-0.4, -0.2) is 12.4 Å². The van der Waals surface area contributed by atoms with E-state index < -0.39 is 0 Å². The molecule has 12 heavy (non-hydrogen) atoms. The van der Waals surface area contributed by atoms with Gasteiger partial charge in [-0.1, -0.05) is 12.1 Å². The van der Waals surface area contributed by atoms with E-state index in [1.54, 1.807) is 14.0 Å². The Labute approximate surface area is 71.5 Å². The number of hydrogen-bond acceptors (Lipinski definition) is 3. The maximum Gasteiger partial charge on any atom is 0.118 e. The van der Waals surface area contributed by atoms with Crippen molar-refractivity contribution in [1.82, 2.24) is 0 Å². The average molecular weight is 168 g/mol. The number of rotatable bonds is 3. The zero-order valence-corrected chi connectivity index (χ0v) is 7.15. The second-order valence-electron chi connectivity index (χ2n) is 2.52. The van der Waals surface area contributed by atoms with Crippen molar-refractivity contribution in [2.24, 2.45) is 0 Å². The van der Waals surface area contributed by atoms with Gasteiger partial charge in [0.1, 0.15) is 11.9 Å². The first-order valence-corrected chi connectivity index (χ1v) is 3.72. The molecule has 0 saturated heterocycles. The summed E-state index contributed by atoms with van der Waals surface area (Å²) in [7, 11) is 1.61. The summed E-state index contributed by atoms with van der Waals surface area (Å²) < 4.78 is 4.98. The third kappa shape index (κ3) is 1.96. The standard InChI is InChI=1S/C9H12O3/c1-7(12-10)8-3-5-9(11-2)6-4-8/h3-7,10H,1-2H3. The lowest BCUT2D eigenvalue weighted by molar-refractivity contribution is -0.277. The number of ether oxygens (including phenoxy) is 1. The number of benzene rings is 1. The molecule has 0 aliphatic carbocycles. The van der Waals surface area contributed by atoms with E-state index in [1.807, 2.05) is 24.3 Å². The summed E-state index contributed by atoms with van der Waals surface area (Å²) in [6, 6.07) is 7.34. The minimum atomic E-state index is -0.295. The van der Waals surface area contributed by atoms with Gasteiger partial charge in [0, 0.05) is 0 Å². The normalized spacial score (nSPS) is 12.6. The van der Waals surface area contributed by atoms with Gasteiger partial charge >= 0.3 is 0 Å². The molecular formula is C9H12O3. The molecule has 1 unspecified atom stereocenters. The fourth-order valence-electron chi connectivity index (χ4n) is 0.936. The van der Waals surface area contributed by atoms with E-state index in [1.165, 1.54) is 0 Å². The summed E-state index contributed by atoms with van der Waals surface area (Å²) >= 11 is 0. The molecule has 0 fully saturated rings. The Kier molecular flexibility index (Phi) is 3.08. The predicted molar refractivity (Wildman–Crippen MR) is 45.1 cm³/mol. The first-order chi connectivity index (χ1) is 5.77. The Morgan fingerprint density at radius 3 is 2.25 bits per heavy atom. The van der Waals surface area contributed by atoms with Crippen LogP contribution < -0.4 is 4.74 Å². The highest BCUT2D eigenvalue weighted by molar-refractivity contribution is 5.28. The molecule has 0 radical (unpaired) electrons. The number of hydrogen-bond donors (Lipinski definition) is 1. The van der Waals surface area contributed by atoms with Crippen molar-refractivity contribution in [1.29, 1.82) is 0 Å². The highest BCUT2D eigenvalue weighted by Gasteiger charge is 2.03. The van der Waals surface area contributed by atoms with E-state index in [0.29, 0.717) is 0 Å². The molecule has 3 heteroatoms. The lowest BCUT2D eigenvalue weighted by Crippen LogP contribution is -1.95. The van der Waals surface area contributed by atoms with Crippen molar-refractivity contribution in [3.63, 3.8) is 0 Å². The van der Waals surface area contributed by atoms with Crippen LogP contribution in [0.5, 0.6) is 5.75 Å². The summed E-state index contributed by atoms with van der Waals surface area (Å²) in [4.78, 5) is 4.17. The van der Waals surface area contributed by atoms with Gasteiger partial charge in [-0.3, -0.25) is 5.26 Å². The fraction of sp³-hybridized carbons (Fsp3) is 0.333. The van der Waals surface area contributed by atoms with Crippen LogP contribution in [0.3, 0.4) is 0 Å². The molecule has 0 heterocycles. The summed E-state index contributed by atoms with van der Waals surface area (Å²) in [5.41, 5.74) is 0.915. The van der Waals surface area contributed by atoms with Crippen LogP contribution in [0.1, 0.15) is 18.6 Å². The summed E-state index contributed by atoms with van der Waals surface area (Å²) in [6.45, 7) is 1.77. The third-order valence-electron chi connectivity index (χ3n) is 1.74. The maximum absolute atomic E-state index is 8.38. The summed E-state index contributed by atoms with van der Waals surface area (Å²) in [6.07, 6.45) is -0.295. The molecule has 0 aliphatic heterocycles. The highest BCUT2D eigenvalue weighted by atomic mass is 17.1. The molecule has 1 N–H and O–H groups in total. The second-order valence-corrected chi connectivity index (χ2v) is 2.52. The van der Waals surface area contributed by atoms with Gasteiger partial charge in [0.2, 0.25) is 0 Å². The molecule has 1 aromatic rings. The smallest absolute Gasteiger partial charge is 0.118 e. The minimum absolute atomic E-state index is 0.295. The quantitative estimate of drug-likeness (QED) is 0.555. The zero-order valence-electron chi connectivity index (χ0n) is 7.15. The molecule has 0 amide bonds. The Balaban J connectivity index is 2.77. The van der Waals surface area contributed by atoms with Crippen LogP contribution in [0, 0.1) is 0 Å². The molecule has 1 rings (SSSR count). The molecule has 0 aromatic heterocycles. The van der Waals surface area contributed by atoms with E-state index in [9.17, 15) is 0 Å². The Morgan fingerprint density at radius 1 is 1.25 bits per heavy atom. The Morgan fingerprint density at radius 2 is 1.83 bits per heavy atom. The molecular weight excluding hydrogens is 156 g/mol. The van der Waals surface area contributed by atoms with Gasteiger partial charge in [0.05, 0.1) is 7.11 Å². The first-order valence-electron chi connectivity index (χ1n) is 3.72. The number of methoxy groups -OCH3 is 1. The Bertz CT molecular complexity index is 230. The zero-order chi connectivity index (χ0) is 8.97. The van der Waals surface area contributed by atoms with Crippen molar-refractivity contribution < 1.29 is 14.9 Å². The largest absolute Gasteiger partial charge is 0.497 e. The fourth-order valence-corrected chi connectivity index (χ4v) is 0.936. The van der Waals surface area contributed by atoms with Crippen LogP contribution in [0.25, 0.3) is 0 Å². The predicted octanol–water partition coefficient (Wildman–Crippen LogP) is 2.25. The van der Waals surface area contributed by atoms with Gasteiger partial charge in [0.15, 0.2) is 0 Å². The SMILES string of the molecule is COc1ccc(C(C)OO)cc1. The topological polar surface area (TPSA) is 38.7 Å². The van der Waals surface area contributed by atoms with Crippen LogP contribution in [0.15, 0.2) is 24.3 Å². The van der Waals surface area contributed by atoms with Crippen molar-refractivity contribution in [3.05, 3.63) is 29.8 Å². The second kappa shape index (κ2) is 4.09. The molecule has 0 bridgehead atoms. The van der Waals surface area contributed by atoms with Gasteiger partial charge in [-0.05, 0) is 24.6 Å². The molecule has 1 aromatic carbocycles. The highest BCUT2D eigenvalue weighted by Crippen LogP contribution is 2.18. The van der Waals surface area contributed by atoms with Crippen molar-refractivity contribution in [2.45, 2.75) is 13.0 Å². The molecule has 66 valence electrons. The van der Waals surface area contributed by atoms with Crippen molar-refractivity contribution in [2.75, 3.05) is 7.11 Å². The lowest BCUT2D eigenvalue weighted by atomic mass is 10.1. The van der Waals surface area contributed by atoms with Gasteiger partial charge < -0.3 is 4.74 Å². The van der Waals surface area contributed by atoms with Gasteiger partial charge in [-0.2, -0.15) is 0 Å². The average Bonchev–Trinajstić information content (AvgIpc) is 2.17. The van der Waals surface area contributed by atoms with Gasteiger partial charge in [-0.25, -0.2) is 4.89 Å². The van der Waals surface area contributed by atoms with Crippen LogP contribution in [0.2, 0.25) is 0 Å². The first kappa shape index (κ1) is 9.03. The monoisotopic (exact) mass is 168 g/mol. The molecule has 0 aliphatic rings.